The summed E-state index contributed by atoms with van der Waals surface area (Å²) in [5.74, 6) is 2.76. The number of nitrogens with one attached hydrogen (secondary N) is 2. The molecule has 6 heteroatoms. The van der Waals surface area contributed by atoms with Crippen molar-refractivity contribution in [2.75, 3.05) is 10.6 Å². The molecule has 29 heavy (non-hydrogen) atoms. The molecule has 2 aliphatic carbocycles. The minimum absolute atomic E-state index is 0.109. The third kappa shape index (κ3) is 6.97. The van der Waals surface area contributed by atoms with E-state index in [0.29, 0.717) is 11.6 Å². The number of hydrogen-bond donors (Lipinski definition) is 2. The van der Waals surface area contributed by atoms with Crippen LogP contribution in [0.2, 0.25) is 0 Å². The Labute approximate surface area is 172 Å². The molecule has 0 spiro atoms. The lowest BCUT2D eigenvalue weighted by Crippen LogP contribution is -2.26. The van der Waals surface area contributed by atoms with Crippen molar-refractivity contribution < 1.29 is 9.59 Å². The van der Waals surface area contributed by atoms with Crippen molar-refractivity contribution in [1.82, 2.24) is 9.97 Å². The first-order valence-corrected chi connectivity index (χ1v) is 10.5. The van der Waals surface area contributed by atoms with Crippen LogP contribution < -0.4 is 10.6 Å². The van der Waals surface area contributed by atoms with Crippen LogP contribution in [0.15, 0.2) is 42.7 Å². The fraction of sp³-hybridized carbons (Fsp3) is 0.478. The van der Waals surface area contributed by atoms with Crippen LogP contribution >= 0.6 is 0 Å². The predicted octanol–water partition coefficient (Wildman–Crippen LogP) is 4.58. The maximum atomic E-state index is 11.9. The lowest BCUT2D eigenvalue weighted by molar-refractivity contribution is -0.121. The van der Waals surface area contributed by atoms with E-state index in [1.54, 1.807) is 12.4 Å². The number of aromatic nitrogens is 2. The average molecular weight is 395 g/mol. The molecular weight excluding hydrogens is 364 g/mol. The molecule has 2 amide bonds. The molecule has 2 N–H and O–H groups in total. The van der Waals surface area contributed by atoms with Gasteiger partial charge in [-0.25, -0.2) is 9.97 Å². The third-order valence-electron chi connectivity index (χ3n) is 5.42. The molecule has 2 aliphatic rings. The summed E-state index contributed by atoms with van der Waals surface area (Å²) in [6.07, 6.45) is 9.81. The molecule has 4 rings (SSSR count). The van der Waals surface area contributed by atoms with Crippen LogP contribution in [0.4, 0.5) is 11.6 Å². The van der Waals surface area contributed by atoms with Gasteiger partial charge in [0.2, 0.25) is 11.8 Å². The Morgan fingerprint density at radius 3 is 1.97 bits per heavy atom. The molecule has 0 aromatic carbocycles. The minimum Gasteiger partial charge on any atom is -0.310 e. The highest BCUT2D eigenvalue weighted by molar-refractivity contribution is 5.93. The van der Waals surface area contributed by atoms with Crippen LogP contribution in [-0.4, -0.2) is 21.8 Å². The summed E-state index contributed by atoms with van der Waals surface area (Å²) in [6, 6.07) is 9.33. The number of hydrogen-bond acceptors (Lipinski definition) is 4. The molecule has 0 unspecified atom stereocenters. The maximum Gasteiger partial charge on any atom is 0.228 e. The maximum absolute atomic E-state index is 11.9. The fourth-order valence-corrected chi connectivity index (χ4v) is 3.37. The summed E-state index contributed by atoms with van der Waals surface area (Å²) in [6.45, 7) is 4.24. The largest absolute Gasteiger partial charge is 0.310 e. The van der Waals surface area contributed by atoms with Crippen molar-refractivity contribution >= 4 is 23.5 Å². The van der Waals surface area contributed by atoms with E-state index in [-0.39, 0.29) is 23.7 Å². The van der Waals surface area contributed by atoms with Gasteiger partial charge in [-0.15, -0.1) is 0 Å². The van der Waals surface area contributed by atoms with Crippen molar-refractivity contribution in [1.29, 1.82) is 0 Å². The van der Waals surface area contributed by atoms with E-state index < -0.39 is 0 Å². The molecule has 0 aliphatic heterocycles. The highest BCUT2D eigenvalue weighted by Gasteiger charge is 2.29. The number of rotatable bonds is 4. The predicted molar refractivity (Wildman–Crippen MR) is 114 cm³/mol. The van der Waals surface area contributed by atoms with Gasteiger partial charge >= 0.3 is 0 Å². The normalized spacial score (nSPS) is 20.8. The lowest BCUT2D eigenvalue weighted by atomic mass is 9.82. The summed E-state index contributed by atoms with van der Waals surface area (Å²) < 4.78 is 0. The number of nitrogens with zero attached hydrogens (tertiary/aromatic N) is 2. The summed E-state index contributed by atoms with van der Waals surface area (Å²) in [4.78, 5) is 31.4. The number of aryl methyl sites for hydroxylation is 1. The van der Waals surface area contributed by atoms with Crippen molar-refractivity contribution in [3.63, 3.8) is 0 Å². The Bertz CT molecular complexity index is 813. The molecule has 0 saturated heterocycles. The first-order chi connectivity index (χ1) is 14.0. The topological polar surface area (TPSA) is 84.0 Å². The molecule has 2 fully saturated rings. The molecule has 0 atom stereocenters. The van der Waals surface area contributed by atoms with Gasteiger partial charge in [0.25, 0.3) is 0 Å². The van der Waals surface area contributed by atoms with Gasteiger partial charge in [-0.05, 0) is 81.2 Å². The van der Waals surface area contributed by atoms with Crippen LogP contribution in [0.5, 0.6) is 0 Å². The van der Waals surface area contributed by atoms with Crippen LogP contribution in [0.3, 0.4) is 0 Å². The second-order valence-corrected chi connectivity index (χ2v) is 8.14. The zero-order chi connectivity index (χ0) is 20.6. The molecule has 0 bridgehead atoms. The van der Waals surface area contributed by atoms with Crippen LogP contribution in [0.1, 0.15) is 51.0 Å². The van der Waals surface area contributed by atoms with Gasteiger partial charge in [0.1, 0.15) is 11.6 Å². The van der Waals surface area contributed by atoms with Crippen molar-refractivity contribution in [3.05, 3.63) is 48.3 Å². The lowest BCUT2D eigenvalue weighted by Gasteiger charge is -2.24. The van der Waals surface area contributed by atoms with Gasteiger partial charge in [-0.2, -0.15) is 0 Å². The monoisotopic (exact) mass is 394 g/mol. The third-order valence-corrected chi connectivity index (χ3v) is 5.42. The van der Waals surface area contributed by atoms with E-state index >= 15 is 0 Å². The number of anilines is 2. The highest BCUT2D eigenvalue weighted by Crippen LogP contribution is 2.30. The van der Waals surface area contributed by atoms with Gasteiger partial charge in [0.15, 0.2) is 0 Å². The van der Waals surface area contributed by atoms with Crippen molar-refractivity contribution in [2.45, 2.75) is 52.4 Å². The Morgan fingerprint density at radius 2 is 1.41 bits per heavy atom. The summed E-state index contributed by atoms with van der Waals surface area (Å²) >= 11 is 0. The summed E-state index contributed by atoms with van der Waals surface area (Å²) in [5, 5.41) is 5.67. The summed E-state index contributed by atoms with van der Waals surface area (Å²) in [5.41, 5.74) is 1.11. The van der Waals surface area contributed by atoms with E-state index in [0.717, 1.165) is 37.2 Å². The van der Waals surface area contributed by atoms with Gasteiger partial charge in [-0.3, -0.25) is 9.59 Å². The first-order valence-electron chi connectivity index (χ1n) is 10.5. The molecular formula is C23H30N4O2. The molecule has 6 nitrogen and oxygen atoms in total. The second-order valence-electron chi connectivity index (χ2n) is 8.14. The molecule has 2 saturated carbocycles. The number of carbonyl (C=O) groups is 2. The first kappa shape index (κ1) is 21.0. The number of carbonyl (C=O) groups excluding carboxylic acids is 2. The zero-order valence-electron chi connectivity index (χ0n) is 17.2. The Hall–Kier alpha value is -2.76. The standard InChI is InChI=1S/C13H18N2O.C10H12N2O/c1-10-5-7-11(8-6-10)13(16)15-12-4-2-3-9-14-12;1-7-4-5-11-9(6-7)12-10(13)8-2-3-8/h2-4,9-11H,5-8H2,1H3,(H,14,15,16);4-6,8H,2-3H2,1H3,(H,11,12,13). The van der Waals surface area contributed by atoms with Gasteiger partial charge in [0, 0.05) is 24.2 Å². The second kappa shape index (κ2) is 10.1. The van der Waals surface area contributed by atoms with Crippen molar-refractivity contribution in [2.24, 2.45) is 17.8 Å². The van der Waals surface area contributed by atoms with E-state index in [1.807, 2.05) is 37.3 Å². The number of amides is 2. The Balaban J connectivity index is 0.000000169. The van der Waals surface area contributed by atoms with E-state index in [1.165, 1.54) is 12.8 Å². The van der Waals surface area contributed by atoms with Gasteiger partial charge in [0.05, 0.1) is 0 Å². The van der Waals surface area contributed by atoms with Crippen LogP contribution in [0.25, 0.3) is 0 Å². The minimum atomic E-state index is 0.109. The Kier molecular flexibility index (Phi) is 7.33. The smallest absolute Gasteiger partial charge is 0.228 e. The van der Waals surface area contributed by atoms with Gasteiger partial charge < -0.3 is 10.6 Å². The Morgan fingerprint density at radius 1 is 0.828 bits per heavy atom. The van der Waals surface area contributed by atoms with E-state index in [4.69, 9.17) is 0 Å². The van der Waals surface area contributed by atoms with E-state index in [2.05, 4.69) is 27.5 Å². The number of pyridine rings is 2. The zero-order valence-corrected chi connectivity index (χ0v) is 17.2. The molecule has 2 aromatic heterocycles. The summed E-state index contributed by atoms with van der Waals surface area (Å²) in [7, 11) is 0. The fourth-order valence-electron chi connectivity index (χ4n) is 3.37. The molecule has 154 valence electrons. The quantitative estimate of drug-likeness (QED) is 0.795. The highest BCUT2D eigenvalue weighted by atomic mass is 16.2. The molecule has 2 aromatic rings. The molecule has 0 radical (unpaired) electrons. The van der Waals surface area contributed by atoms with Crippen LogP contribution in [0, 0.1) is 24.7 Å². The molecule has 2 heterocycles. The van der Waals surface area contributed by atoms with Gasteiger partial charge in [-0.1, -0.05) is 13.0 Å². The van der Waals surface area contributed by atoms with Crippen molar-refractivity contribution in [3.8, 4) is 0 Å². The van der Waals surface area contributed by atoms with E-state index in [9.17, 15) is 9.59 Å². The SMILES string of the molecule is CC1CCC(C(=O)Nc2ccccn2)CC1.Cc1ccnc(NC(=O)C2CC2)c1. The average Bonchev–Trinajstić information content (AvgIpc) is 3.55. The van der Waals surface area contributed by atoms with Crippen LogP contribution in [-0.2, 0) is 9.59 Å².